The summed E-state index contributed by atoms with van der Waals surface area (Å²) in [6.45, 7) is 2.04. The Morgan fingerprint density at radius 1 is 1.19 bits per heavy atom. The number of hydrogen-bond donors (Lipinski definition) is 0. The number of rotatable bonds is 4. The van der Waals surface area contributed by atoms with Crippen LogP contribution in [-0.4, -0.2) is 18.0 Å². The van der Waals surface area contributed by atoms with E-state index in [2.05, 4.69) is 4.74 Å². The monoisotopic (exact) mass is 285 g/mol. The molecule has 5 nitrogen and oxygen atoms in total. The van der Waals surface area contributed by atoms with E-state index < -0.39 is 10.9 Å². The van der Waals surface area contributed by atoms with Crippen LogP contribution in [0.1, 0.15) is 22.8 Å². The molecule has 0 radical (unpaired) electrons. The zero-order valence-electron chi connectivity index (χ0n) is 11.8. The van der Waals surface area contributed by atoms with Crippen molar-refractivity contribution in [3.05, 3.63) is 63.7 Å². The van der Waals surface area contributed by atoms with E-state index >= 15 is 0 Å². The third-order valence-electron chi connectivity index (χ3n) is 3.29. The molecule has 0 unspecified atom stereocenters. The van der Waals surface area contributed by atoms with E-state index in [4.69, 9.17) is 0 Å². The van der Waals surface area contributed by atoms with Gasteiger partial charge in [0.1, 0.15) is 0 Å². The number of nitro groups is 1. The van der Waals surface area contributed by atoms with Crippen LogP contribution in [0.4, 0.5) is 5.69 Å². The third-order valence-corrected chi connectivity index (χ3v) is 3.29. The fourth-order valence-corrected chi connectivity index (χ4v) is 2.09. The van der Waals surface area contributed by atoms with Crippen molar-refractivity contribution in [1.82, 2.24) is 0 Å². The summed E-state index contributed by atoms with van der Waals surface area (Å²) >= 11 is 0. The summed E-state index contributed by atoms with van der Waals surface area (Å²) in [5.74, 6) is -0.592. The maximum absolute atomic E-state index is 11.5. The molecular formula is C16H15NO4. The molecule has 0 amide bonds. The molecule has 0 aliphatic carbocycles. The first-order chi connectivity index (χ1) is 10.1. The molecule has 0 aromatic heterocycles. The van der Waals surface area contributed by atoms with Gasteiger partial charge >= 0.3 is 5.97 Å². The minimum atomic E-state index is -0.592. The Balaban J connectivity index is 2.51. The Kier molecular flexibility index (Phi) is 4.33. The lowest BCUT2D eigenvalue weighted by Gasteiger charge is -2.06. The third kappa shape index (κ3) is 3.08. The zero-order chi connectivity index (χ0) is 15.4. The summed E-state index contributed by atoms with van der Waals surface area (Å²) < 4.78 is 4.59. The van der Waals surface area contributed by atoms with Gasteiger partial charge in [0.25, 0.3) is 5.69 Å². The van der Waals surface area contributed by atoms with Crippen LogP contribution in [0.25, 0.3) is 11.1 Å². The minimum absolute atomic E-state index is 0.109. The summed E-state index contributed by atoms with van der Waals surface area (Å²) in [6.07, 6.45) is 0.906. The Labute approximate surface area is 122 Å². The number of hydrogen-bond acceptors (Lipinski definition) is 4. The highest BCUT2D eigenvalue weighted by atomic mass is 16.6. The van der Waals surface area contributed by atoms with Gasteiger partial charge in [-0.3, -0.25) is 10.1 Å². The fourth-order valence-electron chi connectivity index (χ4n) is 2.09. The molecule has 5 heteroatoms. The van der Waals surface area contributed by atoms with E-state index in [1.807, 2.05) is 31.2 Å². The van der Waals surface area contributed by atoms with Crippen molar-refractivity contribution in [2.45, 2.75) is 13.3 Å². The minimum Gasteiger partial charge on any atom is -0.465 e. The molecule has 0 saturated carbocycles. The van der Waals surface area contributed by atoms with Gasteiger partial charge in [0.05, 0.1) is 23.2 Å². The first kappa shape index (κ1) is 14.7. The molecule has 0 N–H and O–H groups in total. The van der Waals surface area contributed by atoms with Gasteiger partial charge in [0.2, 0.25) is 0 Å². The standard InChI is InChI=1S/C16H15NO4/c1-3-11-4-6-12(7-5-11)14-9-8-13(16(18)21-2)10-15(14)17(19)20/h4-10H,3H2,1-2H3. The van der Waals surface area contributed by atoms with Crippen LogP contribution < -0.4 is 0 Å². The van der Waals surface area contributed by atoms with Gasteiger partial charge in [0, 0.05) is 6.07 Å². The van der Waals surface area contributed by atoms with Crippen molar-refractivity contribution in [1.29, 1.82) is 0 Å². The molecule has 108 valence electrons. The van der Waals surface area contributed by atoms with Crippen molar-refractivity contribution in [3.8, 4) is 11.1 Å². The molecule has 0 aliphatic heterocycles. The van der Waals surface area contributed by atoms with Crippen molar-refractivity contribution >= 4 is 11.7 Å². The van der Waals surface area contributed by atoms with Crippen LogP contribution >= 0.6 is 0 Å². The topological polar surface area (TPSA) is 69.4 Å². The Bertz CT molecular complexity index is 677. The summed E-state index contributed by atoms with van der Waals surface area (Å²) in [6, 6.07) is 11.9. The first-order valence-corrected chi connectivity index (χ1v) is 6.53. The molecule has 0 aliphatic rings. The highest BCUT2D eigenvalue weighted by molar-refractivity contribution is 5.92. The summed E-state index contributed by atoms with van der Waals surface area (Å²) in [4.78, 5) is 22.2. The molecule has 0 atom stereocenters. The maximum atomic E-state index is 11.5. The number of nitro benzene ring substituents is 1. The predicted octanol–water partition coefficient (Wildman–Crippen LogP) is 3.61. The van der Waals surface area contributed by atoms with Crippen LogP contribution in [-0.2, 0) is 11.2 Å². The second kappa shape index (κ2) is 6.17. The average Bonchev–Trinajstić information content (AvgIpc) is 2.53. The fraction of sp³-hybridized carbons (Fsp3) is 0.188. The van der Waals surface area contributed by atoms with E-state index in [0.29, 0.717) is 5.56 Å². The van der Waals surface area contributed by atoms with E-state index in [9.17, 15) is 14.9 Å². The molecule has 0 heterocycles. The lowest BCUT2D eigenvalue weighted by molar-refractivity contribution is -0.384. The number of aryl methyl sites for hydroxylation is 1. The molecule has 0 spiro atoms. The molecule has 0 saturated heterocycles. The van der Waals surface area contributed by atoms with Crippen LogP contribution in [0, 0.1) is 10.1 Å². The van der Waals surface area contributed by atoms with Gasteiger partial charge in [-0.25, -0.2) is 4.79 Å². The Morgan fingerprint density at radius 2 is 1.86 bits per heavy atom. The molecule has 21 heavy (non-hydrogen) atoms. The van der Waals surface area contributed by atoms with Gasteiger partial charge in [-0.1, -0.05) is 31.2 Å². The first-order valence-electron chi connectivity index (χ1n) is 6.53. The molecule has 0 bridgehead atoms. The molecule has 2 rings (SSSR count). The molecule has 2 aromatic rings. The molecule has 0 fully saturated rings. The lowest BCUT2D eigenvalue weighted by Crippen LogP contribution is -2.03. The van der Waals surface area contributed by atoms with Gasteiger partial charge < -0.3 is 4.74 Å². The smallest absolute Gasteiger partial charge is 0.338 e. The van der Waals surface area contributed by atoms with Crippen LogP contribution in [0.5, 0.6) is 0 Å². The van der Waals surface area contributed by atoms with E-state index in [1.165, 1.54) is 19.2 Å². The quantitative estimate of drug-likeness (QED) is 0.489. The number of esters is 1. The van der Waals surface area contributed by atoms with E-state index in [0.717, 1.165) is 17.5 Å². The maximum Gasteiger partial charge on any atom is 0.338 e. The Hall–Kier alpha value is -2.69. The predicted molar refractivity (Wildman–Crippen MR) is 79.2 cm³/mol. The number of carbonyl (C=O) groups is 1. The van der Waals surface area contributed by atoms with Gasteiger partial charge in [-0.2, -0.15) is 0 Å². The van der Waals surface area contributed by atoms with Crippen LogP contribution in [0.2, 0.25) is 0 Å². The summed E-state index contributed by atoms with van der Waals surface area (Å²) in [5.41, 5.74) is 2.44. The van der Waals surface area contributed by atoms with Crippen molar-refractivity contribution in [2.24, 2.45) is 0 Å². The van der Waals surface area contributed by atoms with E-state index in [-0.39, 0.29) is 11.3 Å². The number of methoxy groups -OCH3 is 1. The largest absolute Gasteiger partial charge is 0.465 e. The molecule has 2 aromatic carbocycles. The van der Waals surface area contributed by atoms with Gasteiger partial charge in [-0.15, -0.1) is 0 Å². The number of benzene rings is 2. The highest BCUT2D eigenvalue weighted by Crippen LogP contribution is 2.31. The van der Waals surface area contributed by atoms with Gasteiger partial charge in [0.15, 0.2) is 0 Å². The van der Waals surface area contributed by atoms with Crippen molar-refractivity contribution in [3.63, 3.8) is 0 Å². The number of ether oxygens (including phenoxy) is 1. The second-order valence-electron chi connectivity index (χ2n) is 4.53. The summed E-state index contributed by atoms with van der Waals surface area (Å²) in [7, 11) is 1.24. The number of nitrogens with zero attached hydrogens (tertiary/aromatic N) is 1. The highest BCUT2D eigenvalue weighted by Gasteiger charge is 2.18. The number of carbonyl (C=O) groups excluding carboxylic acids is 1. The van der Waals surface area contributed by atoms with Crippen molar-refractivity contribution in [2.75, 3.05) is 7.11 Å². The summed E-state index contributed by atoms with van der Waals surface area (Å²) in [5, 5.41) is 11.2. The van der Waals surface area contributed by atoms with Crippen molar-refractivity contribution < 1.29 is 14.5 Å². The zero-order valence-corrected chi connectivity index (χ0v) is 11.8. The van der Waals surface area contributed by atoms with Gasteiger partial charge in [-0.05, 0) is 29.7 Å². The SMILES string of the molecule is CCc1ccc(-c2ccc(C(=O)OC)cc2[N+](=O)[O-])cc1. The molecular weight excluding hydrogens is 270 g/mol. The van der Waals surface area contributed by atoms with Crippen LogP contribution in [0.3, 0.4) is 0 Å². The van der Waals surface area contributed by atoms with E-state index in [1.54, 1.807) is 6.07 Å². The Morgan fingerprint density at radius 3 is 2.38 bits per heavy atom. The average molecular weight is 285 g/mol. The lowest BCUT2D eigenvalue weighted by atomic mass is 10.00. The van der Waals surface area contributed by atoms with Crippen LogP contribution in [0.15, 0.2) is 42.5 Å². The normalized spacial score (nSPS) is 10.2. The second-order valence-corrected chi connectivity index (χ2v) is 4.53.